The van der Waals surface area contributed by atoms with Gasteiger partial charge in [-0.3, -0.25) is 19.2 Å². The van der Waals surface area contributed by atoms with Crippen LogP contribution in [0.5, 0.6) is 0 Å². The summed E-state index contributed by atoms with van der Waals surface area (Å²) in [5.74, 6) is 0.477. The smallest absolute Gasteiger partial charge is 0.280 e. The van der Waals surface area contributed by atoms with Crippen LogP contribution in [0, 0.1) is 5.82 Å². The Bertz CT molecular complexity index is 1070. The van der Waals surface area contributed by atoms with E-state index >= 15 is 0 Å². The van der Waals surface area contributed by atoms with Crippen molar-refractivity contribution in [1.82, 2.24) is 24.6 Å². The molecule has 29 heavy (non-hydrogen) atoms. The monoisotopic (exact) mass is 391 g/mol. The van der Waals surface area contributed by atoms with Gasteiger partial charge >= 0.3 is 0 Å². The van der Waals surface area contributed by atoms with Gasteiger partial charge in [0.15, 0.2) is 5.69 Å². The Balaban J connectivity index is 1.37. The zero-order chi connectivity index (χ0) is 19.8. The van der Waals surface area contributed by atoms with Crippen molar-refractivity contribution in [3.63, 3.8) is 0 Å². The summed E-state index contributed by atoms with van der Waals surface area (Å²) in [5.41, 5.74) is 1.77. The summed E-state index contributed by atoms with van der Waals surface area (Å²) in [4.78, 5) is 19.9. The van der Waals surface area contributed by atoms with Crippen LogP contribution in [0.2, 0.25) is 0 Å². The summed E-state index contributed by atoms with van der Waals surface area (Å²) in [6.45, 7) is 3.41. The lowest BCUT2D eigenvalue weighted by Gasteiger charge is -2.38. The van der Waals surface area contributed by atoms with Crippen molar-refractivity contribution in [1.29, 1.82) is 0 Å². The first-order valence-electron chi connectivity index (χ1n) is 10.0. The number of fused-ring (bicyclic) bond motifs is 2. The minimum absolute atomic E-state index is 0.0753. The molecule has 3 aromatic rings. The van der Waals surface area contributed by atoms with E-state index in [1.165, 1.54) is 12.1 Å². The largest absolute Gasteiger partial charge is 0.297 e. The van der Waals surface area contributed by atoms with Gasteiger partial charge in [-0.05, 0) is 68.8 Å². The third-order valence-electron chi connectivity index (χ3n) is 6.28. The highest BCUT2D eigenvalue weighted by molar-refractivity contribution is 5.57. The number of piperidine rings is 1. The first kappa shape index (κ1) is 18.1. The molecule has 0 unspecified atom stereocenters. The van der Waals surface area contributed by atoms with Crippen LogP contribution in [-0.2, 0) is 18.5 Å². The topological polar surface area (TPSA) is 63.9 Å². The summed E-state index contributed by atoms with van der Waals surface area (Å²) >= 11 is 0. The van der Waals surface area contributed by atoms with Crippen molar-refractivity contribution in [2.24, 2.45) is 0 Å². The summed E-state index contributed by atoms with van der Waals surface area (Å²) in [6, 6.07) is 11.8. The molecule has 1 spiro atoms. The molecular formula is C22H22FN5O. The molecular weight excluding hydrogens is 369 g/mol. The molecule has 1 saturated heterocycles. The Kier molecular flexibility index (Phi) is 4.47. The Morgan fingerprint density at radius 1 is 0.966 bits per heavy atom. The van der Waals surface area contributed by atoms with Crippen molar-refractivity contribution < 1.29 is 4.39 Å². The van der Waals surface area contributed by atoms with Crippen LogP contribution in [0.4, 0.5) is 4.39 Å². The number of hydrogen-bond acceptors (Lipinski definition) is 5. The normalized spacial score (nSPS) is 18.1. The molecule has 0 amide bonds. The van der Waals surface area contributed by atoms with Crippen LogP contribution in [-0.4, -0.2) is 37.7 Å². The Labute approximate surface area is 168 Å². The van der Waals surface area contributed by atoms with E-state index in [-0.39, 0.29) is 16.8 Å². The molecule has 6 nitrogen and oxygen atoms in total. The standard InChI is InChI=1S/C22H22FN5O/c23-17-6-4-16(5-7-17)19-20(29)28-14-10-22(21(28)26-25-19)8-12-27(13-9-22)15-18-3-1-2-11-24-18/h1-7,11H,8-10,12-15H2. The summed E-state index contributed by atoms with van der Waals surface area (Å²) in [5, 5.41) is 8.75. The predicted molar refractivity (Wildman–Crippen MR) is 107 cm³/mol. The molecule has 0 N–H and O–H groups in total. The van der Waals surface area contributed by atoms with E-state index in [0.717, 1.165) is 50.4 Å². The fourth-order valence-electron chi connectivity index (χ4n) is 4.58. The summed E-state index contributed by atoms with van der Waals surface area (Å²) in [7, 11) is 0. The number of pyridine rings is 1. The molecule has 148 valence electrons. The minimum atomic E-state index is -0.334. The first-order chi connectivity index (χ1) is 14.1. The second-order valence-electron chi connectivity index (χ2n) is 7.96. The highest BCUT2D eigenvalue weighted by Crippen LogP contribution is 2.41. The highest BCUT2D eigenvalue weighted by Gasteiger charge is 2.44. The number of hydrogen-bond donors (Lipinski definition) is 0. The molecule has 0 bridgehead atoms. The van der Waals surface area contributed by atoms with Crippen LogP contribution in [0.25, 0.3) is 11.3 Å². The fraction of sp³-hybridized carbons (Fsp3) is 0.364. The van der Waals surface area contributed by atoms with Crippen molar-refractivity contribution in [2.75, 3.05) is 13.1 Å². The van der Waals surface area contributed by atoms with Gasteiger partial charge in [0.2, 0.25) is 0 Å². The van der Waals surface area contributed by atoms with Gasteiger partial charge in [-0.15, -0.1) is 10.2 Å². The van der Waals surface area contributed by atoms with Gasteiger partial charge in [-0.1, -0.05) is 6.07 Å². The lowest BCUT2D eigenvalue weighted by Crippen LogP contribution is -2.42. The van der Waals surface area contributed by atoms with Gasteiger partial charge in [-0.2, -0.15) is 0 Å². The Hall–Kier alpha value is -2.93. The molecule has 0 radical (unpaired) electrons. The average molecular weight is 391 g/mol. The van der Waals surface area contributed by atoms with Crippen LogP contribution in [0.15, 0.2) is 53.5 Å². The van der Waals surface area contributed by atoms with Crippen molar-refractivity contribution in [2.45, 2.75) is 37.8 Å². The molecule has 0 atom stereocenters. The molecule has 0 aliphatic carbocycles. The van der Waals surface area contributed by atoms with Crippen LogP contribution in [0.1, 0.15) is 30.8 Å². The number of benzene rings is 1. The zero-order valence-electron chi connectivity index (χ0n) is 16.1. The quantitative estimate of drug-likeness (QED) is 0.687. The summed E-state index contributed by atoms with van der Waals surface area (Å²) < 4.78 is 15.0. The average Bonchev–Trinajstić information content (AvgIpc) is 3.11. The number of halogens is 1. The highest BCUT2D eigenvalue weighted by atomic mass is 19.1. The molecule has 4 heterocycles. The van der Waals surface area contributed by atoms with Crippen LogP contribution >= 0.6 is 0 Å². The number of likely N-dealkylation sites (tertiary alicyclic amines) is 1. The van der Waals surface area contributed by atoms with Crippen molar-refractivity contribution >= 4 is 0 Å². The van der Waals surface area contributed by atoms with Gasteiger partial charge in [0.05, 0.1) is 5.69 Å². The molecule has 1 aromatic carbocycles. The van der Waals surface area contributed by atoms with Crippen LogP contribution in [0.3, 0.4) is 0 Å². The molecule has 7 heteroatoms. The van der Waals surface area contributed by atoms with Crippen molar-refractivity contribution in [3.05, 3.63) is 76.4 Å². The second-order valence-corrected chi connectivity index (χ2v) is 7.96. The van der Waals surface area contributed by atoms with E-state index in [0.29, 0.717) is 17.8 Å². The maximum atomic E-state index is 13.2. The minimum Gasteiger partial charge on any atom is -0.297 e. The third-order valence-corrected chi connectivity index (χ3v) is 6.28. The maximum Gasteiger partial charge on any atom is 0.280 e. The molecule has 2 aromatic heterocycles. The van der Waals surface area contributed by atoms with E-state index in [1.807, 2.05) is 18.3 Å². The van der Waals surface area contributed by atoms with E-state index in [4.69, 9.17) is 0 Å². The molecule has 0 saturated carbocycles. The lowest BCUT2D eigenvalue weighted by atomic mass is 9.76. The van der Waals surface area contributed by atoms with E-state index in [9.17, 15) is 9.18 Å². The lowest BCUT2D eigenvalue weighted by molar-refractivity contribution is 0.148. The van der Waals surface area contributed by atoms with E-state index in [1.54, 1.807) is 16.7 Å². The first-order valence-corrected chi connectivity index (χ1v) is 10.0. The number of nitrogens with zero attached hydrogens (tertiary/aromatic N) is 5. The van der Waals surface area contributed by atoms with E-state index in [2.05, 4.69) is 26.1 Å². The van der Waals surface area contributed by atoms with Gasteiger partial charge in [0.1, 0.15) is 11.6 Å². The van der Waals surface area contributed by atoms with E-state index < -0.39 is 0 Å². The zero-order valence-corrected chi connectivity index (χ0v) is 16.1. The molecule has 2 aliphatic heterocycles. The third kappa shape index (κ3) is 3.25. The van der Waals surface area contributed by atoms with Gasteiger partial charge in [0.25, 0.3) is 5.56 Å². The Morgan fingerprint density at radius 2 is 1.72 bits per heavy atom. The van der Waals surface area contributed by atoms with Gasteiger partial charge < -0.3 is 0 Å². The number of rotatable bonds is 3. The second kappa shape index (κ2) is 7.15. The van der Waals surface area contributed by atoms with Crippen molar-refractivity contribution in [3.8, 4) is 11.3 Å². The predicted octanol–water partition coefficient (Wildman–Crippen LogP) is 2.78. The number of aromatic nitrogens is 4. The maximum absolute atomic E-state index is 13.2. The van der Waals surface area contributed by atoms with Crippen LogP contribution < -0.4 is 5.56 Å². The fourth-order valence-corrected chi connectivity index (χ4v) is 4.58. The molecule has 2 aliphatic rings. The SMILES string of the molecule is O=c1c(-c2ccc(F)cc2)nnc2n1CCC21CCN(Cc2ccccn2)CC1. The van der Waals surface area contributed by atoms with Gasteiger partial charge in [-0.25, -0.2) is 4.39 Å². The van der Waals surface area contributed by atoms with Gasteiger partial charge in [0, 0.05) is 30.3 Å². The molecule has 1 fully saturated rings. The molecule has 5 rings (SSSR count). The Morgan fingerprint density at radius 3 is 2.45 bits per heavy atom. The summed E-state index contributed by atoms with van der Waals surface area (Å²) in [6.07, 6.45) is 4.67.